The molecule has 0 spiro atoms. The van der Waals surface area contributed by atoms with Gasteiger partial charge in [0.15, 0.2) is 9.84 Å². The Morgan fingerprint density at radius 3 is 2.62 bits per heavy atom. The van der Waals surface area contributed by atoms with Crippen molar-refractivity contribution in [3.63, 3.8) is 0 Å². The minimum absolute atomic E-state index is 0.0317. The smallest absolute Gasteiger partial charge is 0.277 e. The van der Waals surface area contributed by atoms with Gasteiger partial charge in [0.25, 0.3) is 5.91 Å². The number of benzene rings is 2. The molecule has 0 fully saturated rings. The molecule has 1 heterocycles. The van der Waals surface area contributed by atoms with Crippen molar-refractivity contribution >= 4 is 33.0 Å². The summed E-state index contributed by atoms with van der Waals surface area (Å²) in [4.78, 5) is 18.5. The number of carbonyl (C=O) groups is 1. The molecule has 32 heavy (non-hydrogen) atoms. The number of nitrogens with two attached hydrogens (primary N) is 1. The van der Waals surface area contributed by atoms with Crippen molar-refractivity contribution in [3.8, 4) is 0 Å². The molecule has 2 atom stereocenters. The quantitative estimate of drug-likeness (QED) is 0.536. The maximum absolute atomic E-state index is 14.8. The van der Waals surface area contributed by atoms with E-state index in [1.807, 2.05) is 13.8 Å². The zero-order chi connectivity index (χ0) is 23.6. The monoisotopic (exact) mass is 485 g/mol. The number of nitrogens with zero attached hydrogens (tertiary/aromatic N) is 1. The summed E-state index contributed by atoms with van der Waals surface area (Å²) in [5.41, 5.74) is 8.34. The number of rotatable bonds is 6. The van der Waals surface area contributed by atoms with Gasteiger partial charge in [-0.3, -0.25) is 9.63 Å². The Balaban J connectivity index is 2.06. The predicted octanol–water partition coefficient (Wildman–Crippen LogP) is 2.24. The van der Waals surface area contributed by atoms with Crippen LogP contribution in [0.4, 0.5) is 10.1 Å². The zero-order valence-corrected chi connectivity index (χ0v) is 19.2. The molecule has 0 saturated heterocycles. The third-order valence-electron chi connectivity index (χ3n) is 4.90. The highest BCUT2D eigenvalue weighted by Crippen LogP contribution is 2.35. The van der Waals surface area contributed by atoms with E-state index in [1.165, 1.54) is 4.90 Å². The maximum Gasteiger partial charge on any atom is 0.277 e. The van der Waals surface area contributed by atoms with Crippen molar-refractivity contribution in [2.75, 3.05) is 17.3 Å². The summed E-state index contributed by atoms with van der Waals surface area (Å²) in [7, 11) is -4.04. The molecule has 1 aliphatic rings. The van der Waals surface area contributed by atoms with E-state index in [2.05, 4.69) is 5.48 Å². The van der Waals surface area contributed by atoms with Crippen molar-refractivity contribution in [2.24, 2.45) is 11.7 Å². The van der Waals surface area contributed by atoms with Crippen LogP contribution >= 0.6 is 11.6 Å². The van der Waals surface area contributed by atoms with Gasteiger partial charge in [-0.2, -0.15) is 0 Å². The van der Waals surface area contributed by atoms with Gasteiger partial charge >= 0.3 is 0 Å². The Bertz CT molecular complexity index is 1100. The first-order chi connectivity index (χ1) is 15.0. The first-order valence-electron chi connectivity index (χ1n) is 9.92. The Morgan fingerprint density at radius 1 is 1.34 bits per heavy atom. The van der Waals surface area contributed by atoms with E-state index in [0.717, 1.165) is 12.1 Å². The van der Waals surface area contributed by atoms with Gasteiger partial charge in [0.05, 0.1) is 34.5 Å². The van der Waals surface area contributed by atoms with Gasteiger partial charge < -0.3 is 15.7 Å². The molecule has 1 aliphatic heterocycles. The standard InChI is InChI=1S/C21H25ClFN3O5S/c1-12(2)10-31-25-20(27)15-7-18-19(8-16(15)23)32(29,30)11-17(24)21(28)26(18)9-13-3-5-14(22)6-4-13/h3-8,12,17,21,28H,9-11,24H2,1-2H3,(H,25,27)/t17-,21?/m0/s1. The van der Waals surface area contributed by atoms with E-state index in [1.54, 1.807) is 24.3 Å². The normalized spacial score (nSPS) is 20.0. The van der Waals surface area contributed by atoms with Crippen molar-refractivity contribution < 1.29 is 27.5 Å². The highest BCUT2D eigenvalue weighted by atomic mass is 35.5. The summed E-state index contributed by atoms with van der Waals surface area (Å²) in [6.45, 7) is 4.01. The lowest BCUT2D eigenvalue weighted by Crippen LogP contribution is -2.49. The molecule has 0 aromatic heterocycles. The SMILES string of the molecule is CC(C)CONC(=O)c1cc2c(cc1F)S(=O)(=O)C[C@H](N)C(O)N2Cc1ccc(Cl)cc1. The van der Waals surface area contributed by atoms with Gasteiger partial charge in [-0.25, -0.2) is 18.3 Å². The van der Waals surface area contributed by atoms with Gasteiger partial charge in [-0.15, -0.1) is 0 Å². The lowest BCUT2D eigenvalue weighted by molar-refractivity contribution is 0.0205. The number of aliphatic hydroxyl groups is 1. The number of fused-ring (bicyclic) bond motifs is 1. The summed E-state index contributed by atoms with van der Waals surface area (Å²) < 4.78 is 40.5. The molecule has 174 valence electrons. The number of hydrogen-bond donors (Lipinski definition) is 3. The molecule has 0 radical (unpaired) electrons. The van der Waals surface area contributed by atoms with Crippen LogP contribution < -0.4 is 16.1 Å². The number of nitrogens with one attached hydrogen (secondary N) is 1. The Labute approximate surface area is 191 Å². The van der Waals surface area contributed by atoms with Crippen LogP contribution in [0.25, 0.3) is 0 Å². The van der Waals surface area contributed by atoms with Gasteiger partial charge in [-0.05, 0) is 35.7 Å². The molecule has 0 saturated carbocycles. The van der Waals surface area contributed by atoms with Crippen molar-refractivity contribution in [1.82, 2.24) is 5.48 Å². The average Bonchev–Trinajstić information content (AvgIpc) is 2.77. The number of aliphatic hydroxyl groups excluding tert-OH is 1. The maximum atomic E-state index is 14.8. The van der Waals surface area contributed by atoms with Crippen LogP contribution in [0.15, 0.2) is 41.3 Å². The number of amides is 1. The number of anilines is 1. The van der Waals surface area contributed by atoms with Gasteiger partial charge in [0.1, 0.15) is 12.0 Å². The molecule has 0 bridgehead atoms. The average molecular weight is 486 g/mol. The molecule has 2 aromatic rings. The number of hydrogen-bond acceptors (Lipinski definition) is 7. The van der Waals surface area contributed by atoms with Crippen LogP contribution in [0.3, 0.4) is 0 Å². The van der Waals surface area contributed by atoms with E-state index in [0.29, 0.717) is 10.6 Å². The number of halogens is 2. The second-order valence-corrected chi connectivity index (χ2v) is 10.5. The topological polar surface area (TPSA) is 122 Å². The molecule has 0 aliphatic carbocycles. The summed E-state index contributed by atoms with van der Waals surface area (Å²) >= 11 is 5.92. The first-order valence-corrected chi connectivity index (χ1v) is 12.0. The van der Waals surface area contributed by atoms with Crippen molar-refractivity contribution in [3.05, 3.63) is 58.4 Å². The second kappa shape index (κ2) is 9.72. The zero-order valence-electron chi connectivity index (χ0n) is 17.6. The molecule has 8 nitrogen and oxygen atoms in total. The summed E-state index contributed by atoms with van der Waals surface area (Å²) in [6, 6.07) is 7.42. The molecule has 4 N–H and O–H groups in total. The molecular formula is C21H25ClFN3O5S. The lowest BCUT2D eigenvalue weighted by Gasteiger charge is -2.32. The largest absolute Gasteiger partial charge is 0.372 e. The van der Waals surface area contributed by atoms with Crippen LogP contribution in [0.5, 0.6) is 0 Å². The van der Waals surface area contributed by atoms with Crippen LogP contribution in [0.1, 0.15) is 29.8 Å². The van der Waals surface area contributed by atoms with Gasteiger partial charge in [0, 0.05) is 11.6 Å². The fourth-order valence-corrected chi connectivity index (χ4v) is 5.05. The highest BCUT2D eigenvalue weighted by Gasteiger charge is 2.37. The van der Waals surface area contributed by atoms with Crippen LogP contribution in [0.2, 0.25) is 5.02 Å². The Hall–Kier alpha value is -2.24. The third kappa shape index (κ3) is 5.38. The third-order valence-corrected chi connectivity index (χ3v) is 6.97. The fourth-order valence-electron chi connectivity index (χ4n) is 3.29. The molecule has 3 rings (SSSR count). The van der Waals surface area contributed by atoms with Gasteiger partial charge in [0.2, 0.25) is 0 Å². The Kier molecular flexibility index (Phi) is 7.41. The van der Waals surface area contributed by atoms with E-state index in [4.69, 9.17) is 22.2 Å². The minimum Gasteiger partial charge on any atom is -0.372 e. The lowest BCUT2D eigenvalue weighted by atomic mass is 10.1. The molecule has 1 amide bonds. The molecular weight excluding hydrogens is 461 g/mol. The predicted molar refractivity (Wildman–Crippen MR) is 118 cm³/mol. The molecule has 11 heteroatoms. The van der Waals surface area contributed by atoms with Gasteiger partial charge in [-0.1, -0.05) is 37.6 Å². The minimum atomic E-state index is -4.04. The van der Waals surface area contributed by atoms with Crippen molar-refractivity contribution in [2.45, 2.75) is 37.6 Å². The number of hydroxylamine groups is 1. The van der Waals surface area contributed by atoms with E-state index < -0.39 is 45.1 Å². The van der Waals surface area contributed by atoms with Crippen LogP contribution in [-0.2, 0) is 21.2 Å². The number of sulfone groups is 1. The van der Waals surface area contributed by atoms with Crippen LogP contribution in [-0.4, -0.2) is 44.1 Å². The molecule has 1 unspecified atom stereocenters. The van der Waals surface area contributed by atoms with E-state index in [9.17, 15) is 22.7 Å². The van der Waals surface area contributed by atoms with Crippen molar-refractivity contribution in [1.29, 1.82) is 0 Å². The highest BCUT2D eigenvalue weighted by molar-refractivity contribution is 7.91. The fraction of sp³-hybridized carbons (Fsp3) is 0.381. The first kappa shape index (κ1) is 24.4. The molecule has 2 aromatic carbocycles. The Morgan fingerprint density at radius 2 is 2.00 bits per heavy atom. The van der Waals surface area contributed by atoms with Crippen LogP contribution in [0, 0.1) is 11.7 Å². The second-order valence-electron chi connectivity index (χ2n) is 8.05. The summed E-state index contributed by atoms with van der Waals surface area (Å²) in [6.07, 6.45) is -1.40. The van der Waals surface area contributed by atoms with E-state index >= 15 is 0 Å². The number of carbonyl (C=O) groups excluding carboxylic acids is 1. The van der Waals surface area contributed by atoms with E-state index in [-0.39, 0.29) is 29.7 Å². The summed E-state index contributed by atoms with van der Waals surface area (Å²) in [5.74, 6) is -2.36. The summed E-state index contributed by atoms with van der Waals surface area (Å²) in [5, 5.41) is 11.3.